The Morgan fingerprint density at radius 3 is 2.86 bits per heavy atom. The number of aromatic nitrogens is 2. The Morgan fingerprint density at radius 1 is 1.32 bits per heavy atom. The molecule has 0 radical (unpaired) electrons. The fourth-order valence-corrected chi connectivity index (χ4v) is 3.87. The van der Waals surface area contributed by atoms with Crippen LogP contribution in [-0.2, 0) is 0 Å². The van der Waals surface area contributed by atoms with Crippen LogP contribution >= 0.6 is 0 Å². The van der Waals surface area contributed by atoms with Crippen LogP contribution in [0.3, 0.4) is 0 Å². The van der Waals surface area contributed by atoms with E-state index in [0.717, 1.165) is 24.6 Å². The highest BCUT2D eigenvalue weighted by Gasteiger charge is 2.25. The van der Waals surface area contributed by atoms with Gasteiger partial charge in [-0.25, -0.2) is 0 Å². The van der Waals surface area contributed by atoms with Crippen molar-refractivity contribution >= 4 is 5.91 Å². The number of nitrogens with zero attached hydrogens (tertiary/aromatic N) is 2. The number of piperidine rings is 1. The van der Waals surface area contributed by atoms with Gasteiger partial charge in [0.2, 0.25) is 0 Å². The van der Waals surface area contributed by atoms with Gasteiger partial charge in [-0.05, 0) is 51.1 Å². The fraction of sp³-hybridized carbons (Fsp3) is 0.765. The van der Waals surface area contributed by atoms with Crippen molar-refractivity contribution in [2.24, 2.45) is 5.92 Å². The summed E-state index contributed by atoms with van der Waals surface area (Å²) in [7, 11) is 0. The van der Waals surface area contributed by atoms with Crippen molar-refractivity contribution in [3.63, 3.8) is 0 Å². The van der Waals surface area contributed by atoms with Gasteiger partial charge in [-0.2, -0.15) is 5.10 Å². The molecule has 5 nitrogen and oxygen atoms in total. The zero-order valence-corrected chi connectivity index (χ0v) is 13.6. The maximum Gasteiger partial charge on any atom is 0.272 e. The SMILES string of the molecule is Cc1cc(C(=O)N[C@@H]2CCCN(CC3CCCCC3)C2)n[nH]1. The highest BCUT2D eigenvalue weighted by atomic mass is 16.2. The van der Waals surface area contributed by atoms with E-state index in [1.807, 2.05) is 6.92 Å². The Balaban J connectivity index is 1.48. The fourth-order valence-electron chi connectivity index (χ4n) is 3.87. The standard InChI is InChI=1S/C17H28N4O/c1-13-10-16(20-19-13)17(22)18-15-8-5-9-21(12-15)11-14-6-3-2-4-7-14/h10,14-15H,2-9,11-12H2,1H3,(H,18,22)(H,19,20)/t15-/m1/s1. The molecule has 1 saturated carbocycles. The number of carbonyl (C=O) groups is 1. The summed E-state index contributed by atoms with van der Waals surface area (Å²) in [6, 6.07) is 2.07. The lowest BCUT2D eigenvalue weighted by molar-refractivity contribution is 0.0885. The van der Waals surface area contributed by atoms with Gasteiger partial charge in [0.1, 0.15) is 5.69 Å². The summed E-state index contributed by atoms with van der Waals surface area (Å²) < 4.78 is 0. The molecule has 0 aromatic carbocycles. The molecule has 22 heavy (non-hydrogen) atoms. The maximum absolute atomic E-state index is 12.2. The zero-order chi connectivity index (χ0) is 15.4. The van der Waals surface area contributed by atoms with Crippen molar-refractivity contribution < 1.29 is 4.79 Å². The Kier molecular flexibility index (Phi) is 5.13. The van der Waals surface area contributed by atoms with E-state index in [-0.39, 0.29) is 11.9 Å². The second kappa shape index (κ2) is 7.27. The smallest absolute Gasteiger partial charge is 0.272 e. The minimum atomic E-state index is -0.0473. The van der Waals surface area contributed by atoms with Crippen molar-refractivity contribution in [2.45, 2.75) is 57.9 Å². The highest BCUT2D eigenvalue weighted by molar-refractivity contribution is 5.92. The quantitative estimate of drug-likeness (QED) is 0.898. The topological polar surface area (TPSA) is 61.0 Å². The first-order valence-corrected chi connectivity index (χ1v) is 8.76. The van der Waals surface area contributed by atoms with Crippen LogP contribution in [-0.4, -0.2) is 46.7 Å². The van der Waals surface area contributed by atoms with E-state index in [1.165, 1.54) is 51.6 Å². The predicted molar refractivity (Wildman–Crippen MR) is 86.8 cm³/mol. The number of likely N-dealkylation sites (tertiary alicyclic amines) is 1. The minimum absolute atomic E-state index is 0.0473. The van der Waals surface area contributed by atoms with Crippen molar-refractivity contribution in [3.05, 3.63) is 17.5 Å². The van der Waals surface area contributed by atoms with E-state index in [2.05, 4.69) is 20.4 Å². The number of rotatable bonds is 4. The van der Waals surface area contributed by atoms with Crippen LogP contribution in [0.5, 0.6) is 0 Å². The van der Waals surface area contributed by atoms with Crippen LogP contribution in [0.2, 0.25) is 0 Å². The number of carbonyl (C=O) groups excluding carboxylic acids is 1. The number of H-pyrrole nitrogens is 1. The highest BCUT2D eigenvalue weighted by Crippen LogP contribution is 2.25. The molecule has 1 saturated heterocycles. The van der Waals surface area contributed by atoms with Crippen molar-refractivity contribution in [3.8, 4) is 0 Å². The van der Waals surface area contributed by atoms with Gasteiger partial charge < -0.3 is 10.2 Å². The van der Waals surface area contributed by atoms with E-state index in [1.54, 1.807) is 6.07 Å². The van der Waals surface area contributed by atoms with Gasteiger partial charge in [-0.15, -0.1) is 0 Å². The van der Waals surface area contributed by atoms with Crippen LogP contribution < -0.4 is 5.32 Å². The molecule has 1 aromatic rings. The maximum atomic E-state index is 12.2. The third-order valence-corrected chi connectivity index (χ3v) is 5.02. The van der Waals surface area contributed by atoms with Gasteiger partial charge in [0.15, 0.2) is 0 Å². The molecule has 1 aromatic heterocycles. The lowest BCUT2D eigenvalue weighted by Gasteiger charge is -2.36. The molecule has 1 atom stereocenters. The molecule has 122 valence electrons. The molecule has 0 unspecified atom stereocenters. The Morgan fingerprint density at radius 2 is 2.14 bits per heavy atom. The lowest BCUT2D eigenvalue weighted by Crippen LogP contribution is -2.49. The van der Waals surface area contributed by atoms with Crippen LogP contribution in [0.1, 0.15) is 61.1 Å². The molecule has 5 heteroatoms. The van der Waals surface area contributed by atoms with Gasteiger partial charge in [0.05, 0.1) is 0 Å². The monoisotopic (exact) mass is 304 g/mol. The Hall–Kier alpha value is -1.36. The largest absolute Gasteiger partial charge is 0.347 e. The summed E-state index contributed by atoms with van der Waals surface area (Å²) in [4.78, 5) is 14.8. The minimum Gasteiger partial charge on any atom is -0.347 e. The van der Waals surface area contributed by atoms with Crippen molar-refractivity contribution in [1.29, 1.82) is 0 Å². The van der Waals surface area contributed by atoms with Crippen molar-refractivity contribution in [1.82, 2.24) is 20.4 Å². The average molecular weight is 304 g/mol. The first kappa shape index (κ1) is 15.5. The molecule has 2 heterocycles. The number of hydrogen-bond acceptors (Lipinski definition) is 3. The van der Waals surface area contributed by atoms with Gasteiger partial charge in [0.25, 0.3) is 5.91 Å². The Bertz CT molecular complexity index is 493. The lowest BCUT2D eigenvalue weighted by atomic mass is 9.88. The molecule has 1 aliphatic carbocycles. The summed E-state index contributed by atoms with van der Waals surface area (Å²) in [6.45, 7) is 5.31. The molecule has 2 aliphatic rings. The van der Waals surface area contributed by atoms with E-state index < -0.39 is 0 Å². The van der Waals surface area contributed by atoms with Gasteiger partial charge in [-0.1, -0.05) is 19.3 Å². The third kappa shape index (κ3) is 4.09. The molecule has 1 amide bonds. The second-order valence-corrected chi connectivity index (χ2v) is 7.01. The number of hydrogen-bond donors (Lipinski definition) is 2. The molecule has 0 bridgehead atoms. The van der Waals surface area contributed by atoms with Crippen LogP contribution in [0.15, 0.2) is 6.07 Å². The van der Waals surface area contributed by atoms with Gasteiger partial charge in [-0.3, -0.25) is 9.89 Å². The number of aromatic amines is 1. The summed E-state index contributed by atoms with van der Waals surface area (Å²) in [5.41, 5.74) is 1.43. The van der Waals surface area contributed by atoms with Crippen LogP contribution in [0.4, 0.5) is 0 Å². The van der Waals surface area contributed by atoms with Gasteiger partial charge >= 0.3 is 0 Å². The van der Waals surface area contributed by atoms with E-state index in [0.29, 0.717) is 5.69 Å². The first-order valence-electron chi connectivity index (χ1n) is 8.76. The van der Waals surface area contributed by atoms with E-state index in [4.69, 9.17) is 0 Å². The predicted octanol–water partition coefficient (Wildman–Crippen LogP) is 2.49. The number of aryl methyl sites for hydroxylation is 1. The molecule has 0 spiro atoms. The number of amides is 1. The third-order valence-electron chi connectivity index (χ3n) is 5.02. The summed E-state index contributed by atoms with van der Waals surface area (Å²) >= 11 is 0. The molecule has 3 rings (SSSR count). The van der Waals surface area contributed by atoms with Gasteiger partial charge in [0, 0.05) is 24.8 Å². The average Bonchev–Trinajstić information content (AvgIpc) is 2.95. The second-order valence-electron chi connectivity index (χ2n) is 7.01. The summed E-state index contributed by atoms with van der Waals surface area (Å²) in [6.07, 6.45) is 9.25. The summed E-state index contributed by atoms with van der Waals surface area (Å²) in [5, 5.41) is 10.0. The van der Waals surface area contributed by atoms with Crippen molar-refractivity contribution in [2.75, 3.05) is 19.6 Å². The molecule has 1 aliphatic heterocycles. The molecular weight excluding hydrogens is 276 g/mol. The first-order chi connectivity index (χ1) is 10.7. The Labute approximate surface area is 132 Å². The number of nitrogens with one attached hydrogen (secondary N) is 2. The summed E-state index contributed by atoms with van der Waals surface area (Å²) in [5.74, 6) is 0.825. The molecular formula is C17H28N4O. The zero-order valence-electron chi connectivity index (χ0n) is 13.6. The van der Waals surface area contributed by atoms with Crippen LogP contribution in [0, 0.1) is 12.8 Å². The van der Waals surface area contributed by atoms with Crippen LogP contribution in [0.25, 0.3) is 0 Å². The molecule has 2 fully saturated rings. The van der Waals surface area contributed by atoms with E-state index >= 15 is 0 Å². The van der Waals surface area contributed by atoms with E-state index in [9.17, 15) is 4.79 Å². The normalized spacial score (nSPS) is 24.3. The molecule has 2 N–H and O–H groups in total.